The van der Waals surface area contributed by atoms with Gasteiger partial charge < -0.3 is 5.21 Å². The lowest BCUT2D eigenvalue weighted by Crippen LogP contribution is -2.00. The minimum Gasteiger partial charge on any atom is -0.411 e. The van der Waals surface area contributed by atoms with Gasteiger partial charge in [0.15, 0.2) is 0 Å². The van der Waals surface area contributed by atoms with Gasteiger partial charge in [-0.3, -0.25) is 0 Å². The zero-order valence-corrected chi connectivity index (χ0v) is 7.53. The van der Waals surface area contributed by atoms with Gasteiger partial charge in [-0.05, 0) is 30.4 Å². The van der Waals surface area contributed by atoms with E-state index in [0.29, 0.717) is 0 Å². The fourth-order valence-corrected chi connectivity index (χ4v) is 1.85. The van der Waals surface area contributed by atoms with Gasteiger partial charge >= 0.3 is 0 Å². The molecule has 1 aliphatic rings. The fraction of sp³-hybridized carbons (Fsp3) is 0.364. The van der Waals surface area contributed by atoms with Crippen molar-refractivity contribution in [2.75, 3.05) is 0 Å². The molecule has 0 heterocycles. The normalized spacial score (nSPS) is 19.5. The summed E-state index contributed by atoms with van der Waals surface area (Å²) in [7, 11) is 0. The van der Waals surface area contributed by atoms with Crippen LogP contribution in [-0.2, 0) is 12.8 Å². The van der Waals surface area contributed by atoms with Crippen molar-refractivity contribution in [2.24, 2.45) is 5.16 Å². The van der Waals surface area contributed by atoms with E-state index in [1.165, 1.54) is 11.1 Å². The van der Waals surface area contributed by atoms with E-state index in [0.717, 1.165) is 31.4 Å². The molecular formula is C11H13NO. The van der Waals surface area contributed by atoms with Crippen LogP contribution < -0.4 is 0 Å². The lowest BCUT2D eigenvalue weighted by molar-refractivity contribution is 0.316. The summed E-state index contributed by atoms with van der Waals surface area (Å²) < 4.78 is 0. The third-order valence-corrected chi connectivity index (χ3v) is 2.57. The first kappa shape index (κ1) is 8.30. The van der Waals surface area contributed by atoms with Crippen molar-refractivity contribution in [2.45, 2.75) is 25.7 Å². The Labute approximate surface area is 77.9 Å². The molecule has 1 N–H and O–H groups in total. The summed E-state index contributed by atoms with van der Waals surface area (Å²) in [5.41, 5.74) is 3.62. The Morgan fingerprint density at radius 1 is 1.08 bits per heavy atom. The number of hydrogen-bond acceptors (Lipinski definition) is 2. The lowest BCUT2D eigenvalue weighted by Gasteiger charge is -2.02. The zero-order chi connectivity index (χ0) is 9.10. The quantitative estimate of drug-likeness (QED) is 0.366. The summed E-state index contributed by atoms with van der Waals surface area (Å²) in [4.78, 5) is 0. The summed E-state index contributed by atoms with van der Waals surface area (Å²) in [6, 6.07) is 8.39. The fourth-order valence-electron chi connectivity index (χ4n) is 1.85. The van der Waals surface area contributed by atoms with Crippen LogP contribution in [0, 0.1) is 0 Å². The van der Waals surface area contributed by atoms with Crippen LogP contribution in [0.4, 0.5) is 0 Å². The molecule has 2 rings (SSSR count). The van der Waals surface area contributed by atoms with E-state index in [1.807, 2.05) is 6.07 Å². The maximum absolute atomic E-state index is 8.73. The number of hydrogen-bond donors (Lipinski definition) is 1. The maximum atomic E-state index is 8.73. The van der Waals surface area contributed by atoms with Crippen molar-refractivity contribution < 1.29 is 5.21 Å². The van der Waals surface area contributed by atoms with Gasteiger partial charge in [-0.25, -0.2) is 0 Å². The van der Waals surface area contributed by atoms with Crippen LogP contribution in [0.15, 0.2) is 29.4 Å². The molecule has 2 heteroatoms. The van der Waals surface area contributed by atoms with Gasteiger partial charge in [0.1, 0.15) is 0 Å². The topological polar surface area (TPSA) is 32.6 Å². The van der Waals surface area contributed by atoms with E-state index in [-0.39, 0.29) is 0 Å². The van der Waals surface area contributed by atoms with Crippen molar-refractivity contribution in [1.82, 2.24) is 0 Å². The Hall–Kier alpha value is -1.31. The van der Waals surface area contributed by atoms with E-state index in [2.05, 4.69) is 23.4 Å². The van der Waals surface area contributed by atoms with Gasteiger partial charge in [-0.2, -0.15) is 0 Å². The third-order valence-electron chi connectivity index (χ3n) is 2.57. The second kappa shape index (κ2) is 3.60. The van der Waals surface area contributed by atoms with Crippen molar-refractivity contribution in [3.05, 3.63) is 35.4 Å². The summed E-state index contributed by atoms with van der Waals surface area (Å²) in [5, 5.41) is 12.1. The number of rotatable bonds is 0. The van der Waals surface area contributed by atoms with Crippen molar-refractivity contribution >= 4 is 5.71 Å². The standard InChI is InChI=1S/C11H13NO/c13-12-11-7-3-6-9-4-1-2-5-10(9)8-11/h1-2,4-5,13H,3,6-8H2/b12-11+. The largest absolute Gasteiger partial charge is 0.411 e. The van der Waals surface area contributed by atoms with E-state index >= 15 is 0 Å². The average Bonchev–Trinajstić information content (AvgIpc) is 2.38. The molecule has 0 amide bonds. The van der Waals surface area contributed by atoms with E-state index in [4.69, 9.17) is 5.21 Å². The van der Waals surface area contributed by atoms with Crippen LogP contribution >= 0.6 is 0 Å². The number of fused-ring (bicyclic) bond motifs is 1. The lowest BCUT2D eigenvalue weighted by atomic mass is 10.0. The molecule has 2 nitrogen and oxygen atoms in total. The Bertz CT molecular complexity index is 331. The first-order valence-electron chi connectivity index (χ1n) is 4.67. The molecule has 0 saturated heterocycles. The maximum Gasteiger partial charge on any atom is 0.0614 e. The summed E-state index contributed by atoms with van der Waals surface area (Å²) in [6.07, 6.45) is 3.93. The number of oxime groups is 1. The molecule has 0 saturated carbocycles. The minimum absolute atomic E-state index is 0.812. The van der Waals surface area contributed by atoms with Crippen LogP contribution in [-0.4, -0.2) is 10.9 Å². The molecular weight excluding hydrogens is 162 g/mol. The van der Waals surface area contributed by atoms with E-state index < -0.39 is 0 Å². The van der Waals surface area contributed by atoms with Gasteiger partial charge in [-0.1, -0.05) is 29.4 Å². The molecule has 0 aliphatic heterocycles. The molecule has 68 valence electrons. The van der Waals surface area contributed by atoms with Gasteiger partial charge in [-0.15, -0.1) is 0 Å². The van der Waals surface area contributed by atoms with Crippen molar-refractivity contribution in [3.8, 4) is 0 Å². The molecule has 1 aromatic rings. The van der Waals surface area contributed by atoms with E-state index in [1.54, 1.807) is 0 Å². The first-order chi connectivity index (χ1) is 6.40. The smallest absolute Gasteiger partial charge is 0.0614 e. The molecule has 0 bridgehead atoms. The molecule has 0 spiro atoms. The van der Waals surface area contributed by atoms with Crippen LogP contribution in [0.1, 0.15) is 24.0 Å². The van der Waals surface area contributed by atoms with Crippen LogP contribution in [0.2, 0.25) is 0 Å². The second-order valence-corrected chi connectivity index (χ2v) is 3.47. The minimum atomic E-state index is 0.812. The Kier molecular flexibility index (Phi) is 2.30. The number of aryl methyl sites for hydroxylation is 1. The summed E-state index contributed by atoms with van der Waals surface area (Å²) in [5.74, 6) is 0. The molecule has 0 atom stereocenters. The van der Waals surface area contributed by atoms with E-state index in [9.17, 15) is 0 Å². The van der Waals surface area contributed by atoms with Crippen LogP contribution in [0.3, 0.4) is 0 Å². The summed E-state index contributed by atoms with van der Waals surface area (Å²) in [6.45, 7) is 0. The summed E-state index contributed by atoms with van der Waals surface area (Å²) >= 11 is 0. The molecule has 0 aromatic heterocycles. The molecule has 0 radical (unpaired) electrons. The predicted molar refractivity (Wildman–Crippen MR) is 52.3 cm³/mol. The van der Waals surface area contributed by atoms with Crippen LogP contribution in [0.5, 0.6) is 0 Å². The highest BCUT2D eigenvalue weighted by Gasteiger charge is 2.11. The molecule has 0 fully saturated rings. The average molecular weight is 175 g/mol. The van der Waals surface area contributed by atoms with Crippen LogP contribution in [0.25, 0.3) is 0 Å². The Morgan fingerprint density at radius 2 is 1.85 bits per heavy atom. The van der Waals surface area contributed by atoms with Crippen molar-refractivity contribution in [3.63, 3.8) is 0 Å². The van der Waals surface area contributed by atoms with Gasteiger partial charge in [0.2, 0.25) is 0 Å². The molecule has 0 unspecified atom stereocenters. The van der Waals surface area contributed by atoms with Gasteiger partial charge in [0.05, 0.1) is 5.71 Å². The van der Waals surface area contributed by atoms with Gasteiger partial charge in [0, 0.05) is 6.42 Å². The highest BCUT2D eigenvalue weighted by molar-refractivity contribution is 5.86. The number of nitrogens with zero attached hydrogens (tertiary/aromatic N) is 1. The highest BCUT2D eigenvalue weighted by atomic mass is 16.4. The predicted octanol–water partition coefficient (Wildman–Crippen LogP) is 2.40. The number of benzene rings is 1. The third kappa shape index (κ3) is 1.72. The zero-order valence-electron chi connectivity index (χ0n) is 7.53. The first-order valence-corrected chi connectivity index (χ1v) is 4.67. The highest BCUT2D eigenvalue weighted by Crippen LogP contribution is 2.18. The Morgan fingerprint density at radius 3 is 2.62 bits per heavy atom. The second-order valence-electron chi connectivity index (χ2n) is 3.47. The molecule has 1 aliphatic carbocycles. The molecule has 13 heavy (non-hydrogen) atoms. The molecule has 1 aromatic carbocycles. The van der Waals surface area contributed by atoms with Gasteiger partial charge in [0.25, 0.3) is 0 Å². The van der Waals surface area contributed by atoms with Crippen molar-refractivity contribution in [1.29, 1.82) is 0 Å². The Balaban J connectivity index is 2.34. The SMILES string of the molecule is O/N=C1\CCCc2ccccc2C1. The monoisotopic (exact) mass is 175 g/mol.